The molecule has 0 fully saturated rings. The molecule has 136 valence electrons. The highest BCUT2D eigenvalue weighted by Gasteiger charge is 2.21. The number of carbonyl (C=O) groups excluding carboxylic acids is 1. The normalized spacial score (nSPS) is 12.4. The van der Waals surface area contributed by atoms with E-state index in [-0.39, 0.29) is 11.6 Å². The molecule has 0 aliphatic rings. The Morgan fingerprint density at radius 3 is 2.78 bits per heavy atom. The Morgan fingerprint density at radius 1 is 1.19 bits per heavy atom. The lowest BCUT2D eigenvalue weighted by molar-refractivity contribution is -0.115. The van der Waals surface area contributed by atoms with Gasteiger partial charge in [0.2, 0.25) is 11.1 Å². The largest absolute Gasteiger partial charge is 0.338 e. The molecular weight excluding hydrogens is 365 g/mol. The van der Waals surface area contributed by atoms with Crippen LogP contribution in [0.15, 0.2) is 53.7 Å². The number of amides is 1. The van der Waals surface area contributed by atoms with Crippen LogP contribution in [0.1, 0.15) is 13.3 Å². The molecule has 0 aliphatic heterocycles. The maximum Gasteiger partial charge on any atom is 0.238 e. The standard InChI is InChI=1S/C19H16FN5OS/c1-2-15(18(26)22-14-10-6-4-8-12(14)20)27-19-23-17-16(24-25-19)11-7-3-5-9-13(11)21-17/h3-10,15H,2H2,1H3,(H,22,26)(H,21,23,25). The molecule has 2 aromatic carbocycles. The number of H-pyrrole nitrogens is 1. The molecule has 0 aliphatic carbocycles. The molecule has 2 heterocycles. The molecule has 4 aromatic rings. The van der Waals surface area contributed by atoms with E-state index in [2.05, 4.69) is 25.5 Å². The van der Waals surface area contributed by atoms with E-state index in [0.29, 0.717) is 22.7 Å². The highest BCUT2D eigenvalue weighted by molar-refractivity contribution is 8.00. The van der Waals surface area contributed by atoms with Gasteiger partial charge in [0, 0.05) is 10.9 Å². The first kappa shape index (κ1) is 17.4. The van der Waals surface area contributed by atoms with Gasteiger partial charge in [0.25, 0.3) is 0 Å². The predicted octanol–water partition coefficient (Wildman–Crippen LogP) is 4.15. The SMILES string of the molecule is CCC(Sc1nnc2c(n1)[nH]c1ccccc12)C(=O)Nc1ccccc1F. The van der Waals surface area contributed by atoms with E-state index in [0.717, 1.165) is 10.9 Å². The van der Waals surface area contributed by atoms with Crippen molar-refractivity contribution < 1.29 is 9.18 Å². The van der Waals surface area contributed by atoms with Crippen LogP contribution in [0.5, 0.6) is 0 Å². The van der Waals surface area contributed by atoms with E-state index < -0.39 is 11.1 Å². The van der Waals surface area contributed by atoms with Crippen LogP contribution < -0.4 is 5.32 Å². The molecule has 0 saturated heterocycles. The lowest BCUT2D eigenvalue weighted by atomic mass is 10.2. The van der Waals surface area contributed by atoms with Crippen molar-refractivity contribution in [2.75, 3.05) is 5.32 Å². The zero-order valence-corrected chi connectivity index (χ0v) is 15.3. The zero-order chi connectivity index (χ0) is 18.8. The van der Waals surface area contributed by atoms with Crippen LogP contribution in [0.3, 0.4) is 0 Å². The van der Waals surface area contributed by atoms with Gasteiger partial charge in [-0.05, 0) is 24.6 Å². The molecule has 6 nitrogen and oxygen atoms in total. The summed E-state index contributed by atoms with van der Waals surface area (Å²) < 4.78 is 13.8. The molecule has 0 spiro atoms. The van der Waals surface area contributed by atoms with Gasteiger partial charge in [0.05, 0.1) is 10.9 Å². The molecule has 4 rings (SSSR count). The number of para-hydroxylation sites is 2. The van der Waals surface area contributed by atoms with E-state index in [9.17, 15) is 9.18 Å². The van der Waals surface area contributed by atoms with Crippen LogP contribution in [0.4, 0.5) is 10.1 Å². The summed E-state index contributed by atoms with van der Waals surface area (Å²) >= 11 is 1.21. The maximum absolute atomic E-state index is 13.8. The number of hydrogen-bond acceptors (Lipinski definition) is 5. The molecule has 1 amide bonds. The van der Waals surface area contributed by atoms with E-state index in [1.165, 1.54) is 23.9 Å². The van der Waals surface area contributed by atoms with Crippen LogP contribution in [-0.2, 0) is 4.79 Å². The average Bonchev–Trinajstić information content (AvgIpc) is 3.05. The van der Waals surface area contributed by atoms with E-state index in [1.807, 2.05) is 31.2 Å². The fourth-order valence-electron chi connectivity index (χ4n) is 2.78. The Labute approximate surface area is 158 Å². The number of fused-ring (bicyclic) bond motifs is 3. The third-order valence-corrected chi connectivity index (χ3v) is 5.36. The Morgan fingerprint density at radius 2 is 1.96 bits per heavy atom. The molecule has 2 N–H and O–H groups in total. The van der Waals surface area contributed by atoms with Gasteiger partial charge in [-0.1, -0.05) is 49.0 Å². The highest BCUT2D eigenvalue weighted by Crippen LogP contribution is 2.27. The quantitative estimate of drug-likeness (QED) is 0.507. The second-order valence-electron chi connectivity index (χ2n) is 5.95. The van der Waals surface area contributed by atoms with Crippen molar-refractivity contribution in [3.8, 4) is 0 Å². The molecule has 1 unspecified atom stereocenters. The van der Waals surface area contributed by atoms with Crippen molar-refractivity contribution in [2.45, 2.75) is 23.8 Å². The number of carbonyl (C=O) groups is 1. The first-order valence-electron chi connectivity index (χ1n) is 8.49. The van der Waals surface area contributed by atoms with Crippen LogP contribution in [-0.4, -0.2) is 31.3 Å². The summed E-state index contributed by atoms with van der Waals surface area (Å²) in [7, 11) is 0. The number of nitrogens with one attached hydrogen (secondary N) is 2. The number of anilines is 1. The number of thioether (sulfide) groups is 1. The van der Waals surface area contributed by atoms with Gasteiger partial charge in [-0.25, -0.2) is 9.37 Å². The third-order valence-electron chi connectivity index (χ3n) is 4.15. The second kappa shape index (κ2) is 7.32. The first-order valence-corrected chi connectivity index (χ1v) is 9.37. The molecule has 1 atom stereocenters. The smallest absolute Gasteiger partial charge is 0.238 e. The number of nitrogens with zero attached hydrogens (tertiary/aromatic N) is 3. The third kappa shape index (κ3) is 3.48. The van der Waals surface area contributed by atoms with E-state index in [4.69, 9.17) is 0 Å². The summed E-state index contributed by atoms with van der Waals surface area (Å²) in [4.78, 5) is 20.2. The Hall–Kier alpha value is -3.00. The first-order chi connectivity index (χ1) is 13.2. The number of benzene rings is 2. The van der Waals surface area contributed by atoms with Crippen LogP contribution in [0.25, 0.3) is 22.1 Å². The zero-order valence-electron chi connectivity index (χ0n) is 14.4. The average molecular weight is 381 g/mol. The number of hydrogen-bond donors (Lipinski definition) is 2. The molecule has 0 radical (unpaired) electrons. The van der Waals surface area contributed by atoms with Gasteiger partial charge in [-0.2, -0.15) is 0 Å². The molecule has 2 aromatic heterocycles. The number of aromatic amines is 1. The highest BCUT2D eigenvalue weighted by atomic mass is 32.2. The van der Waals surface area contributed by atoms with E-state index in [1.54, 1.807) is 12.1 Å². The summed E-state index contributed by atoms with van der Waals surface area (Å²) in [6, 6.07) is 13.8. The van der Waals surface area contributed by atoms with Gasteiger partial charge in [-0.3, -0.25) is 4.79 Å². The maximum atomic E-state index is 13.8. The minimum atomic E-state index is -0.469. The van der Waals surface area contributed by atoms with Gasteiger partial charge in [0.15, 0.2) is 5.65 Å². The predicted molar refractivity (Wildman–Crippen MR) is 104 cm³/mol. The summed E-state index contributed by atoms with van der Waals surface area (Å²) in [5.74, 6) is -0.768. The van der Waals surface area contributed by atoms with Crippen molar-refractivity contribution in [3.63, 3.8) is 0 Å². The summed E-state index contributed by atoms with van der Waals surface area (Å²) in [5.41, 5.74) is 2.41. The minimum absolute atomic E-state index is 0.159. The summed E-state index contributed by atoms with van der Waals surface area (Å²) in [5, 5.41) is 11.9. The van der Waals surface area contributed by atoms with Gasteiger partial charge in [0.1, 0.15) is 11.3 Å². The number of rotatable bonds is 5. The van der Waals surface area contributed by atoms with Crippen LogP contribution in [0, 0.1) is 5.82 Å². The minimum Gasteiger partial charge on any atom is -0.338 e. The van der Waals surface area contributed by atoms with Crippen LogP contribution >= 0.6 is 11.8 Å². The summed E-state index contributed by atoms with van der Waals surface area (Å²) in [6.07, 6.45) is 0.541. The Balaban J connectivity index is 1.56. The molecule has 0 saturated carbocycles. The second-order valence-corrected chi connectivity index (χ2v) is 7.12. The van der Waals surface area contributed by atoms with Crippen LogP contribution in [0.2, 0.25) is 0 Å². The van der Waals surface area contributed by atoms with Crippen molar-refractivity contribution in [1.82, 2.24) is 20.2 Å². The van der Waals surface area contributed by atoms with Gasteiger partial charge in [-0.15, -0.1) is 10.2 Å². The van der Waals surface area contributed by atoms with E-state index >= 15 is 0 Å². The topological polar surface area (TPSA) is 83.6 Å². The monoisotopic (exact) mass is 381 g/mol. The van der Waals surface area contributed by atoms with Gasteiger partial charge < -0.3 is 10.3 Å². The van der Waals surface area contributed by atoms with Crippen molar-refractivity contribution in [2.24, 2.45) is 0 Å². The molecule has 0 bridgehead atoms. The summed E-state index contributed by atoms with van der Waals surface area (Å²) in [6.45, 7) is 1.88. The number of halogens is 1. The van der Waals surface area contributed by atoms with Crippen molar-refractivity contribution in [1.29, 1.82) is 0 Å². The Kier molecular flexibility index (Phi) is 4.72. The fourth-order valence-corrected chi connectivity index (χ4v) is 3.60. The lowest BCUT2D eigenvalue weighted by Crippen LogP contribution is -2.25. The molecule has 27 heavy (non-hydrogen) atoms. The molecular formula is C19H16FN5OS. The Bertz CT molecular complexity index is 1130. The lowest BCUT2D eigenvalue weighted by Gasteiger charge is -2.13. The number of aromatic nitrogens is 4. The molecule has 8 heteroatoms. The fraction of sp³-hybridized carbons (Fsp3) is 0.158. The van der Waals surface area contributed by atoms with Crippen molar-refractivity contribution in [3.05, 3.63) is 54.3 Å². The van der Waals surface area contributed by atoms with Gasteiger partial charge >= 0.3 is 0 Å². The van der Waals surface area contributed by atoms with Crippen molar-refractivity contribution >= 4 is 45.4 Å².